The Hall–Kier alpha value is -1.13. The molecule has 2 aliphatic rings. The quantitative estimate of drug-likeness (QED) is 0.530. The first-order valence-corrected chi connectivity index (χ1v) is 9.05. The van der Waals surface area contributed by atoms with E-state index in [0.717, 1.165) is 43.8 Å². The number of hydrogen-bond acceptors (Lipinski definition) is 3. The van der Waals surface area contributed by atoms with Crippen LogP contribution in [0, 0.1) is 22.7 Å². The van der Waals surface area contributed by atoms with E-state index in [1.54, 1.807) is 0 Å². The van der Waals surface area contributed by atoms with Gasteiger partial charge in [-0.2, -0.15) is 0 Å². The van der Waals surface area contributed by atoms with Crippen LogP contribution in [-0.2, 0) is 4.79 Å². The van der Waals surface area contributed by atoms with E-state index in [4.69, 9.17) is 5.11 Å². The molecular weight excluding hydrogens is 304 g/mol. The normalized spacial score (nSPS) is 40.3. The first-order valence-electron chi connectivity index (χ1n) is 9.05. The van der Waals surface area contributed by atoms with Gasteiger partial charge in [-0.3, -0.25) is 0 Å². The predicted octanol–water partition coefficient (Wildman–Crippen LogP) is 3.54. The van der Waals surface area contributed by atoms with E-state index in [2.05, 4.69) is 27.4 Å². The lowest BCUT2D eigenvalue weighted by atomic mass is 9.45. The first-order chi connectivity index (χ1) is 11.2. The van der Waals surface area contributed by atoms with Crippen LogP contribution in [0.5, 0.6) is 0 Å². The van der Waals surface area contributed by atoms with Crippen LogP contribution in [0.15, 0.2) is 23.8 Å². The summed E-state index contributed by atoms with van der Waals surface area (Å²) in [4.78, 5) is 10.9. The molecule has 2 fully saturated rings. The van der Waals surface area contributed by atoms with Crippen molar-refractivity contribution >= 4 is 5.97 Å². The minimum Gasteiger partial charge on any atom is -0.478 e. The lowest BCUT2D eigenvalue weighted by molar-refractivity contribution is -0.131. The zero-order valence-corrected chi connectivity index (χ0v) is 15.2. The van der Waals surface area contributed by atoms with Crippen LogP contribution in [0.25, 0.3) is 0 Å². The predicted molar refractivity (Wildman–Crippen MR) is 94.5 cm³/mol. The van der Waals surface area contributed by atoms with E-state index in [-0.39, 0.29) is 23.5 Å². The van der Waals surface area contributed by atoms with Crippen LogP contribution >= 0.6 is 0 Å². The van der Waals surface area contributed by atoms with E-state index in [9.17, 15) is 15.0 Å². The highest BCUT2D eigenvalue weighted by molar-refractivity contribution is 5.80. The van der Waals surface area contributed by atoms with Crippen LogP contribution in [0.1, 0.15) is 59.3 Å². The Kier molecular flexibility index (Phi) is 5.61. The Labute approximate surface area is 145 Å². The van der Waals surface area contributed by atoms with Crippen molar-refractivity contribution in [1.82, 2.24) is 0 Å². The second-order valence-electron chi connectivity index (χ2n) is 8.29. The number of carboxylic acids is 1. The van der Waals surface area contributed by atoms with Crippen LogP contribution in [0.2, 0.25) is 0 Å². The lowest BCUT2D eigenvalue weighted by Crippen LogP contribution is -2.57. The first kappa shape index (κ1) is 19.2. The fraction of sp³-hybridized carbons (Fsp3) is 0.750. The highest BCUT2D eigenvalue weighted by Crippen LogP contribution is 2.62. The summed E-state index contributed by atoms with van der Waals surface area (Å²) in [7, 11) is 0. The van der Waals surface area contributed by atoms with Crippen molar-refractivity contribution in [3.63, 3.8) is 0 Å². The Balaban J connectivity index is 2.28. The number of fused-ring (bicyclic) bond motifs is 1. The number of carbonyl (C=O) groups is 1. The summed E-state index contributed by atoms with van der Waals surface area (Å²) in [6, 6.07) is 0. The molecule has 0 radical (unpaired) electrons. The third kappa shape index (κ3) is 3.18. The molecule has 0 aromatic carbocycles. The monoisotopic (exact) mass is 336 g/mol. The number of aliphatic hydroxyl groups is 2. The maximum atomic E-state index is 10.9. The Bertz CT molecular complexity index is 538. The minimum atomic E-state index is -1.01. The molecule has 0 unspecified atom stereocenters. The summed E-state index contributed by atoms with van der Waals surface area (Å²) in [5, 5.41) is 29.2. The molecule has 0 amide bonds. The number of rotatable bonds is 5. The zero-order valence-electron chi connectivity index (χ0n) is 15.2. The van der Waals surface area contributed by atoms with Gasteiger partial charge < -0.3 is 15.3 Å². The molecule has 2 aliphatic carbocycles. The molecule has 2 saturated carbocycles. The van der Waals surface area contributed by atoms with Crippen molar-refractivity contribution in [2.75, 3.05) is 6.61 Å². The fourth-order valence-electron chi connectivity index (χ4n) is 5.23. The average molecular weight is 336 g/mol. The van der Waals surface area contributed by atoms with Gasteiger partial charge in [-0.1, -0.05) is 32.9 Å². The van der Waals surface area contributed by atoms with Crippen molar-refractivity contribution in [3.05, 3.63) is 23.8 Å². The largest absolute Gasteiger partial charge is 0.478 e. The topological polar surface area (TPSA) is 77.8 Å². The Morgan fingerprint density at radius 2 is 2.08 bits per heavy atom. The molecule has 0 aromatic heterocycles. The summed E-state index contributed by atoms with van der Waals surface area (Å²) < 4.78 is 0. The molecule has 136 valence electrons. The molecule has 4 heteroatoms. The van der Waals surface area contributed by atoms with Crippen molar-refractivity contribution in [1.29, 1.82) is 0 Å². The molecule has 4 nitrogen and oxygen atoms in total. The number of aliphatic carboxylic acids is 1. The van der Waals surface area contributed by atoms with Crippen LogP contribution in [0.4, 0.5) is 0 Å². The van der Waals surface area contributed by atoms with Crippen LogP contribution in [-0.4, -0.2) is 34.0 Å². The van der Waals surface area contributed by atoms with Gasteiger partial charge in [0, 0.05) is 11.5 Å². The molecule has 3 N–H and O–H groups in total. The van der Waals surface area contributed by atoms with Gasteiger partial charge in [-0.15, -0.1) is 0 Å². The maximum Gasteiger partial charge on any atom is 0.328 e. The summed E-state index contributed by atoms with van der Waals surface area (Å²) in [5.41, 5.74) is 1.48. The maximum absolute atomic E-state index is 10.9. The second-order valence-corrected chi connectivity index (χ2v) is 8.29. The standard InChI is InChI=1S/C20H32O4/c1-13-6-5-7-16-19(3,9-8-15(12-21)11-18(23)24)14(2)10-17(22)20(13,16)4/h11,14,16-17,21-22H,1,5-10,12H2,2-4H3,(H,23,24)/t14-,16-,17+,19+,20+/m1/s1. The zero-order chi connectivity index (χ0) is 18.1. The van der Waals surface area contributed by atoms with Gasteiger partial charge in [0.2, 0.25) is 0 Å². The highest BCUT2D eigenvalue weighted by Gasteiger charge is 2.57. The molecule has 24 heavy (non-hydrogen) atoms. The molecule has 0 spiro atoms. The van der Waals surface area contributed by atoms with Gasteiger partial charge in [0.15, 0.2) is 0 Å². The molecule has 0 bridgehead atoms. The molecule has 0 aromatic rings. The number of aliphatic hydroxyl groups excluding tert-OH is 2. The lowest BCUT2D eigenvalue weighted by Gasteiger charge is -2.60. The van der Waals surface area contributed by atoms with Crippen molar-refractivity contribution < 1.29 is 20.1 Å². The van der Waals surface area contributed by atoms with Crippen molar-refractivity contribution in [2.45, 2.75) is 65.4 Å². The van der Waals surface area contributed by atoms with E-state index >= 15 is 0 Å². The molecule has 0 aliphatic heterocycles. The number of hydrogen-bond donors (Lipinski definition) is 3. The van der Waals surface area contributed by atoms with Crippen molar-refractivity contribution in [2.24, 2.45) is 22.7 Å². The summed E-state index contributed by atoms with van der Waals surface area (Å²) >= 11 is 0. The molecule has 0 heterocycles. The number of carboxylic acid groups (broad SMARTS) is 1. The SMILES string of the molecule is C=C1CCC[C@@H]2[C@@](C)(CCC(=CC(=O)O)CO)[C@H](C)C[C@H](O)[C@@]12C. The highest BCUT2D eigenvalue weighted by atomic mass is 16.4. The molecule has 5 atom stereocenters. The van der Waals surface area contributed by atoms with Crippen molar-refractivity contribution in [3.8, 4) is 0 Å². The van der Waals surface area contributed by atoms with Crippen LogP contribution in [0.3, 0.4) is 0 Å². The van der Waals surface area contributed by atoms with E-state index in [1.165, 1.54) is 0 Å². The summed E-state index contributed by atoms with van der Waals surface area (Å²) in [6.45, 7) is 10.7. The third-order valence-electron chi connectivity index (χ3n) is 7.16. The van der Waals surface area contributed by atoms with Gasteiger partial charge in [-0.05, 0) is 61.3 Å². The van der Waals surface area contributed by atoms with E-state index < -0.39 is 5.97 Å². The van der Waals surface area contributed by atoms with Crippen LogP contribution < -0.4 is 0 Å². The van der Waals surface area contributed by atoms with Gasteiger partial charge in [0.25, 0.3) is 0 Å². The smallest absolute Gasteiger partial charge is 0.328 e. The van der Waals surface area contributed by atoms with E-state index in [0.29, 0.717) is 23.8 Å². The van der Waals surface area contributed by atoms with Gasteiger partial charge >= 0.3 is 5.97 Å². The molecular formula is C20H32O4. The average Bonchev–Trinajstić information content (AvgIpc) is 2.51. The summed E-state index contributed by atoms with van der Waals surface area (Å²) in [5.74, 6) is -0.316. The van der Waals surface area contributed by atoms with E-state index in [1.807, 2.05) is 0 Å². The third-order valence-corrected chi connectivity index (χ3v) is 7.16. The minimum absolute atomic E-state index is 0.00407. The van der Waals surface area contributed by atoms with Gasteiger partial charge in [0.05, 0.1) is 12.7 Å². The summed E-state index contributed by atoms with van der Waals surface area (Å²) in [6.07, 6.45) is 6.09. The van der Waals surface area contributed by atoms with Gasteiger partial charge in [-0.25, -0.2) is 4.79 Å². The second kappa shape index (κ2) is 7.01. The Morgan fingerprint density at radius 3 is 2.67 bits per heavy atom. The Morgan fingerprint density at radius 1 is 1.42 bits per heavy atom. The van der Waals surface area contributed by atoms with Gasteiger partial charge in [0.1, 0.15) is 0 Å². The molecule has 2 rings (SSSR count). The molecule has 0 saturated heterocycles. The fourth-order valence-corrected chi connectivity index (χ4v) is 5.23.